The molecule has 1 aliphatic heterocycles. The van der Waals surface area contributed by atoms with Crippen LogP contribution in [0.1, 0.15) is 32.3 Å². The Labute approximate surface area is 127 Å². The Morgan fingerprint density at radius 2 is 2.25 bits per heavy atom. The Kier molecular flexibility index (Phi) is 5.70. The van der Waals surface area contributed by atoms with E-state index in [-0.39, 0.29) is 0 Å². The average molecular weight is 297 g/mol. The molecule has 20 heavy (non-hydrogen) atoms. The summed E-state index contributed by atoms with van der Waals surface area (Å²) in [5.74, 6) is 0. The first-order valence-corrected chi connectivity index (χ1v) is 7.79. The molecule has 1 unspecified atom stereocenters. The molecule has 1 fully saturated rings. The molecule has 1 N–H and O–H groups in total. The van der Waals surface area contributed by atoms with Gasteiger partial charge in [0, 0.05) is 49.1 Å². The smallest absolute Gasteiger partial charge is 0.0750 e. The fraction of sp³-hybridized carbons (Fsp3) is 0.625. The molecule has 1 aromatic carbocycles. The quantitative estimate of drug-likeness (QED) is 0.870. The Hall–Kier alpha value is -0.770. The molecule has 4 heteroatoms. The lowest BCUT2D eigenvalue weighted by molar-refractivity contribution is 0.116. The highest BCUT2D eigenvalue weighted by Gasteiger charge is 2.19. The summed E-state index contributed by atoms with van der Waals surface area (Å²) in [7, 11) is 2.12. The molecule has 1 aromatic rings. The fourth-order valence-corrected chi connectivity index (χ4v) is 2.81. The lowest BCUT2D eigenvalue weighted by Gasteiger charge is -2.26. The van der Waals surface area contributed by atoms with Crippen LogP contribution in [0.15, 0.2) is 18.2 Å². The number of likely N-dealkylation sites (N-methyl/N-ethyl adjacent to an activating group) is 1. The van der Waals surface area contributed by atoms with Crippen LogP contribution >= 0.6 is 11.6 Å². The Balaban J connectivity index is 2.10. The van der Waals surface area contributed by atoms with Gasteiger partial charge in [-0.3, -0.25) is 0 Å². The van der Waals surface area contributed by atoms with Gasteiger partial charge in [-0.2, -0.15) is 0 Å². The van der Waals surface area contributed by atoms with Crippen LogP contribution in [0.5, 0.6) is 0 Å². The van der Waals surface area contributed by atoms with E-state index >= 15 is 0 Å². The van der Waals surface area contributed by atoms with Gasteiger partial charge < -0.3 is 15.0 Å². The molecule has 0 aliphatic carbocycles. The van der Waals surface area contributed by atoms with Gasteiger partial charge in [0.2, 0.25) is 0 Å². The van der Waals surface area contributed by atoms with Gasteiger partial charge in [0.1, 0.15) is 0 Å². The zero-order valence-corrected chi connectivity index (χ0v) is 13.4. The number of hydrogen-bond acceptors (Lipinski definition) is 3. The molecule has 1 aliphatic rings. The average Bonchev–Trinajstić information content (AvgIpc) is 2.89. The van der Waals surface area contributed by atoms with E-state index in [0.29, 0.717) is 12.1 Å². The number of ether oxygens (including phenoxy) is 1. The molecular weight excluding hydrogens is 272 g/mol. The van der Waals surface area contributed by atoms with Crippen LogP contribution in [0.25, 0.3) is 0 Å². The van der Waals surface area contributed by atoms with Gasteiger partial charge in [0.25, 0.3) is 0 Å². The standard InChI is InChI=1S/C16H25ClN2O/c1-12(2)18-10-14-15(17)7-4-8-16(14)19(3)11-13-6-5-9-20-13/h4,7-8,12-13,18H,5-6,9-11H2,1-3H3. The SMILES string of the molecule is CC(C)NCc1c(Cl)cccc1N(C)CC1CCCO1. The van der Waals surface area contributed by atoms with Crippen LogP contribution in [-0.4, -0.2) is 32.3 Å². The van der Waals surface area contributed by atoms with Gasteiger partial charge >= 0.3 is 0 Å². The number of benzene rings is 1. The summed E-state index contributed by atoms with van der Waals surface area (Å²) in [6, 6.07) is 6.56. The van der Waals surface area contributed by atoms with Crippen molar-refractivity contribution in [2.24, 2.45) is 0 Å². The highest BCUT2D eigenvalue weighted by atomic mass is 35.5. The van der Waals surface area contributed by atoms with Crippen LogP contribution < -0.4 is 10.2 Å². The number of rotatable bonds is 6. The maximum Gasteiger partial charge on any atom is 0.0750 e. The van der Waals surface area contributed by atoms with E-state index in [1.165, 1.54) is 17.7 Å². The molecule has 1 heterocycles. The lowest BCUT2D eigenvalue weighted by Crippen LogP contribution is -2.30. The molecule has 0 aromatic heterocycles. The first-order chi connectivity index (χ1) is 9.58. The van der Waals surface area contributed by atoms with Gasteiger partial charge in [0.05, 0.1) is 6.10 Å². The van der Waals surface area contributed by atoms with Crippen molar-refractivity contribution in [1.29, 1.82) is 0 Å². The summed E-state index contributed by atoms with van der Waals surface area (Å²) in [4.78, 5) is 2.26. The third-order valence-corrected chi connectivity index (χ3v) is 4.05. The van der Waals surface area contributed by atoms with Crippen molar-refractivity contribution in [2.75, 3.05) is 25.1 Å². The second-order valence-electron chi connectivity index (χ2n) is 5.79. The maximum atomic E-state index is 6.38. The van der Waals surface area contributed by atoms with E-state index in [0.717, 1.165) is 31.1 Å². The zero-order valence-electron chi connectivity index (χ0n) is 12.7. The van der Waals surface area contributed by atoms with Crippen molar-refractivity contribution in [3.63, 3.8) is 0 Å². The first-order valence-electron chi connectivity index (χ1n) is 7.41. The van der Waals surface area contributed by atoms with Crippen molar-refractivity contribution >= 4 is 17.3 Å². The topological polar surface area (TPSA) is 24.5 Å². The van der Waals surface area contributed by atoms with E-state index in [1.54, 1.807) is 0 Å². The van der Waals surface area contributed by atoms with Crippen LogP contribution in [-0.2, 0) is 11.3 Å². The van der Waals surface area contributed by atoms with Crippen molar-refractivity contribution < 1.29 is 4.74 Å². The normalized spacial score (nSPS) is 18.8. The Morgan fingerprint density at radius 1 is 1.45 bits per heavy atom. The van der Waals surface area contributed by atoms with E-state index < -0.39 is 0 Å². The van der Waals surface area contributed by atoms with E-state index in [9.17, 15) is 0 Å². The maximum absolute atomic E-state index is 6.38. The molecule has 0 spiro atoms. The zero-order chi connectivity index (χ0) is 14.5. The molecular formula is C16H25ClN2O. The molecule has 112 valence electrons. The van der Waals surface area contributed by atoms with Crippen LogP contribution in [0.2, 0.25) is 5.02 Å². The third kappa shape index (κ3) is 4.11. The number of nitrogens with zero attached hydrogens (tertiary/aromatic N) is 1. The Morgan fingerprint density at radius 3 is 2.90 bits per heavy atom. The summed E-state index contributed by atoms with van der Waals surface area (Å²) < 4.78 is 5.72. The number of nitrogens with one attached hydrogen (secondary N) is 1. The summed E-state index contributed by atoms with van der Waals surface area (Å²) in [6.45, 7) is 6.91. The predicted octanol–water partition coefficient (Wildman–Crippen LogP) is 3.45. The van der Waals surface area contributed by atoms with E-state index in [1.807, 2.05) is 12.1 Å². The molecule has 1 saturated heterocycles. The number of halogens is 1. The monoisotopic (exact) mass is 296 g/mol. The van der Waals surface area contributed by atoms with E-state index in [2.05, 4.69) is 37.2 Å². The molecule has 0 amide bonds. The summed E-state index contributed by atoms with van der Waals surface area (Å²) in [5.41, 5.74) is 2.37. The second-order valence-corrected chi connectivity index (χ2v) is 6.20. The van der Waals surface area contributed by atoms with Crippen molar-refractivity contribution in [2.45, 2.75) is 45.4 Å². The van der Waals surface area contributed by atoms with Crippen LogP contribution in [0.3, 0.4) is 0 Å². The number of hydrogen-bond donors (Lipinski definition) is 1. The van der Waals surface area contributed by atoms with Gasteiger partial charge in [0.15, 0.2) is 0 Å². The van der Waals surface area contributed by atoms with Crippen molar-refractivity contribution in [3.8, 4) is 0 Å². The van der Waals surface area contributed by atoms with Crippen LogP contribution in [0, 0.1) is 0 Å². The fourth-order valence-electron chi connectivity index (χ4n) is 2.58. The third-order valence-electron chi connectivity index (χ3n) is 3.69. The first kappa shape index (κ1) is 15.6. The molecule has 0 radical (unpaired) electrons. The highest BCUT2D eigenvalue weighted by molar-refractivity contribution is 6.31. The second kappa shape index (κ2) is 7.30. The molecule has 1 atom stereocenters. The molecule has 3 nitrogen and oxygen atoms in total. The van der Waals surface area contributed by atoms with E-state index in [4.69, 9.17) is 16.3 Å². The van der Waals surface area contributed by atoms with Crippen LogP contribution in [0.4, 0.5) is 5.69 Å². The summed E-state index contributed by atoms with van der Waals surface area (Å²) >= 11 is 6.38. The molecule has 2 rings (SSSR count). The minimum Gasteiger partial charge on any atom is -0.376 e. The van der Waals surface area contributed by atoms with Crippen molar-refractivity contribution in [1.82, 2.24) is 5.32 Å². The summed E-state index contributed by atoms with van der Waals surface area (Å²) in [6.07, 6.45) is 2.69. The molecule has 0 saturated carbocycles. The minimum atomic E-state index is 0.352. The Bertz CT molecular complexity index is 430. The predicted molar refractivity (Wildman–Crippen MR) is 85.7 cm³/mol. The molecule has 0 bridgehead atoms. The van der Waals surface area contributed by atoms with Crippen molar-refractivity contribution in [3.05, 3.63) is 28.8 Å². The highest BCUT2D eigenvalue weighted by Crippen LogP contribution is 2.28. The largest absolute Gasteiger partial charge is 0.376 e. The summed E-state index contributed by atoms with van der Waals surface area (Å²) in [5, 5.41) is 4.28. The minimum absolute atomic E-state index is 0.352. The number of anilines is 1. The van der Waals surface area contributed by atoms with Gasteiger partial charge in [-0.25, -0.2) is 0 Å². The lowest BCUT2D eigenvalue weighted by atomic mass is 10.1. The van der Waals surface area contributed by atoms with Gasteiger partial charge in [-0.1, -0.05) is 31.5 Å². The van der Waals surface area contributed by atoms with Gasteiger partial charge in [-0.15, -0.1) is 0 Å². The van der Waals surface area contributed by atoms with Gasteiger partial charge in [-0.05, 0) is 25.0 Å².